The largest absolute Gasteiger partial charge is 0.482 e. The van der Waals surface area contributed by atoms with Crippen LogP contribution in [0.25, 0.3) is 0 Å². The summed E-state index contributed by atoms with van der Waals surface area (Å²) in [5.41, 5.74) is 1.47. The van der Waals surface area contributed by atoms with Gasteiger partial charge < -0.3 is 19.6 Å². The van der Waals surface area contributed by atoms with Crippen molar-refractivity contribution in [1.82, 2.24) is 4.90 Å². The maximum Gasteiger partial charge on any atom is 0.341 e. The number of carbonyl (C=O) groups excluding carboxylic acids is 2. The Morgan fingerprint density at radius 1 is 0.963 bits per heavy atom. The molecule has 0 spiro atoms. The van der Waals surface area contributed by atoms with Crippen LogP contribution < -0.4 is 9.64 Å². The Morgan fingerprint density at radius 3 is 2.11 bits per heavy atom. The van der Waals surface area contributed by atoms with Crippen LogP contribution in [-0.2, 0) is 4.79 Å². The highest BCUT2D eigenvalue weighted by molar-refractivity contribution is 6.07. The summed E-state index contributed by atoms with van der Waals surface area (Å²) >= 11 is 0. The molecule has 0 aliphatic heterocycles. The molecule has 0 aliphatic rings. The Balaban J connectivity index is 2.15. The molecule has 0 aliphatic carbocycles. The Labute approximate surface area is 157 Å². The van der Waals surface area contributed by atoms with Crippen LogP contribution in [0.1, 0.15) is 27.6 Å². The van der Waals surface area contributed by atoms with E-state index in [1.54, 1.807) is 67.5 Å². The number of hydrogen-bond donors (Lipinski definition) is 1. The van der Waals surface area contributed by atoms with Gasteiger partial charge in [-0.1, -0.05) is 6.07 Å². The quantitative estimate of drug-likeness (QED) is 0.809. The number of anilines is 1. The van der Waals surface area contributed by atoms with Gasteiger partial charge in [-0.25, -0.2) is 4.79 Å². The van der Waals surface area contributed by atoms with Gasteiger partial charge >= 0.3 is 5.97 Å². The monoisotopic (exact) mass is 370 g/mol. The molecule has 0 unspecified atom stereocenters. The number of hydrogen-bond acceptors (Lipinski definition) is 4. The summed E-state index contributed by atoms with van der Waals surface area (Å²) in [6.45, 7) is 2.03. The number of carbonyl (C=O) groups is 3. The lowest BCUT2D eigenvalue weighted by Gasteiger charge is -2.19. The normalized spacial score (nSPS) is 10.2. The van der Waals surface area contributed by atoms with Crippen LogP contribution in [0.5, 0.6) is 5.75 Å². The van der Waals surface area contributed by atoms with Gasteiger partial charge in [-0.15, -0.1) is 0 Å². The second-order valence-corrected chi connectivity index (χ2v) is 5.94. The van der Waals surface area contributed by atoms with Crippen LogP contribution in [0.15, 0.2) is 48.5 Å². The molecular formula is C20H22N2O5. The van der Waals surface area contributed by atoms with Crippen molar-refractivity contribution in [3.05, 3.63) is 59.7 Å². The minimum atomic E-state index is -1.06. The topological polar surface area (TPSA) is 87.2 Å². The van der Waals surface area contributed by atoms with E-state index in [2.05, 4.69) is 0 Å². The molecule has 0 radical (unpaired) electrons. The maximum atomic E-state index is 12.8. The Morgan fingerprint density at radius 2 is 1.56 bits per heavy atom. The number of amides is 2. The Kier molecular flexibility index (Phi) is 6.54. The molecule has 142 valence electrons. The van der Waals surface area contributed by atoms with Crippen LogP contribution in [0, 0.1) is 0 Å². The maximum absolute atomic E-state index is 12.8. The van der Waals surface area contributed by atoms with E-state index in [1.165, 1.54) is 4.90 Å². The van der Waals surface area contributed by atoms with Crippen LogP contribution >= 0.6 is 0 Å². The third kappa shape index (κ3) is 5.07. The third-order valence-corrected chi connectivity index (χ3v) is 4.07. The van der Waals surface area contributed by atoms with E-state index >= 15 is 0 Å². The van der Waals surface area contributed by atoms with E-state index in [0.717, 1.165) is 0 Å². The first-order valence-corrected chi connectivity index (χ1v) is 8.41. The lowest BCUT2D eigenvalue weighted by atomic mass is 10.1. The molecule has 7 nitrogen and oxygen atoms in total. The lowest BCUT2D eigenvalue weighted by Crippen LogP contribution is -2.28. The molecule has 0 saturated carbocycles. The van der Waals surface area contributed by atoms with Crippen molar-refractivity contribution in [3.63, 3.8) is 0 Å². The number of nitrogens with zero attached hydrogens (tertiary/aromatic N) is 2. The van der Waals surface area contributed by atoms with Gasteiger partial charge in [-0.2, -0.15) is 0 Å². The first-order chi connectivity index (χ1) is 12.8. The first-order valence-electron chi connectivity index (χ1n) is 8.41. The molecule has 0 fully saturated rings. The van der Waals surface area contributed by atoms with Crippen LogP contribution in [-0.4, -0.2) is 55.0 Å². The molecule has 2 aromatic carbocycles. The molecule has 1 N–H and O–H groups in total. The molecule has 0 aromatic heterocycles. The number of benzene rings is 2. The van der Waals surface area contributed by atoms with Gasteiger partial charge in [0.2, 0.25) is 0 Å². The second-order valence-electron chi connectivity index (χ2n) is 5.94. The average molecular weight is 370 g/mol. The zero-order chi connectivity index (χ0) is 20.0. The smallest absolute Gasteiger partial charge is 0.341 e. The van der Waals surface area contributed by atoms with Crippen molar-refractivity contribution in [1.29, 1.82) is 0 Å². The van der Waals surface area contributed by atoms with Gasteiger partial charge in [0.15, 0.2) is 6.61 Å². The predicted molar refractivity (Wildman–Crippen MR) is 101 cm³/mol. The third-order valence-electron chi connectivity index (χ3n) is 4.07. The van der Waals surface area contributed by atoms with E-state index in [-0.39, 0.29) is 11.8 Å². The number of carboxylic acids is 1. The first kappa shape index (κ1) is 20.0. The van der Waals surface area contributed by atoms with Crippen molar-refractivity contribution in [2.75, 3.05) is 32.1 Å². The fourth-order valence-corrected chi connectivity index (χ4v) is 2.37. The highest BCUT2D eigenvalue weighted by atomic mass is 16.5. The molecule has 0 heterocycles. The Hall–Kier alpha value is -3.35. The molecule has 7 heteroatoms. The average Bonchev–Trinajstić information content (AvgIpc) is 2.70. The minimum Gasteiger partial charge on any atom is -0.482 e. The zero-order valence-corrected chi connectivity index (χ0v) is 15.5. The standard InChI is InChI=1S/C20H22N2O5/c1-4-21(2)19(25)14-6-5-7-15(12-14)20(26)22(3)16-8-10-17(11-9-16)27-13-18(23)24/h5-12H,4,13H2,1-3H3,(H,23,24). The minimum absolute atomic E-state index is 0.144. The molecule has 0 atom stereocenters. The van der Waals surface area contributed by atoms with Crippen molar-refractivity contribution in [2.45, 2.75) is 6.92 Å². The van der Waals surface area contributed by atoms with Crippen molar-refractivity contribution in [2.24, 2.45) is 0 Å². The fraction of sp³-hybridized carbons (Fsp3) is 0.250. The molecule has 2 rings (SSSR count). The van der Waals surface area contributed by atoms with Gasteiger partial charge in [0, 0.05) is 37.5 Å². The highest BCUT2D eigenvalue weighted by Crippen LogP contribution is 2.20. The number of aliphatic carboxylic acids is 1. The van der Waals surface area contributed by atoms with Crippen molar-refractivity contribution < 1.29 is 24.2 Å². The summed E-state index contributed by atoms with van der Waals surface area (Å²) in [6, 6.07) is 13.1. The van der Waals surface area contributed by atoms with Gasteiger partial charge in [0.25, 0.3) is 11.8 Å². The zero-order valence-electron chi connectivity index (χ0n) is 15.5. The van der Waals surface area contributed by atoms with Gasteiger partial charge in [0.05, 0.1) is 0 Å². The highest BCUT2D eigenvalue weighted by Gasteiger charge is 2.17. The van der Waals surface area contributed by atoms with E-state index in [0.29, 0.717) is 29.1 Å². The van der Waals surface area contributed by atoms with Gasteiger partial charge in [-0.3, -0.25) is 9.59 Å². The Bertz CT molecular complexity index is 833. The van der Waals surface area contributed by atoms with Gasteiger partial charge in [-0.05, 0) is 49.4 Å². The molecule has 2 amide bonds. The number of rotatable bonds is 7. The van der Waals surface area contributed by atoms with Crippen molar-refractivity contribution in [3.8, 4) is 5.75 Å². The predicted octanol–water partition coefficient (Wildman–Crippen LogP) is 2.52. The number of carboxylic acid groups (broad SMARTS) is 1. The van der Waals surface area contributed by atoms with Crippen LogP contribution in [0.2, 0.25) is 0 Å². The molecule has 27 heavy (non-hydrogen) atoms. The van der Waals surface area contributed by atoms with Crippen molar-refractivity contribution >= 4 is 23.5 Å². The SMILES string of the molecule is CCN(C)C(=O)c1cccc(C(=O)N(C)c2ccc(OCC(=O)O)cc2)c1. The van der Waals surface area contributed by atoms with E-state index in [4.69, 9.17) is 9.84 Å². The second kappa shape index (κ2) is 8.84. The van der Waals surface area contributed by atoms with E-state index in [9.17, 15) is 14.4 Å². The fourth-order valence-electron chi connectivity index (χ4n) is 2.37. The summed E-state index contributed by atoms with van der Waals surface area (Å²) in [7, 11) is 3.33. The molecule has 0 bridgehead atoms. The van der Waals surface area contributed by atoms with Crippen LogP contribution in [0.3, 0.4) is 0 Å². The molecule has 2 aromatic rings. The molecular weight excluding hydrogens is 348 g/mol. The van der Waals surface area contributed by atoms with E-state index < -0.39 is 12.6 Å². The summed E-state index contributed by atoms with van der Waals surface area (Å²) in [6.07, 6.45) is 0. The number of ether oxygens (including phenoxy) is 1. The molecule has 0 saturated heterocycles. The summed E-state index contributed by atoms with van der Waals surface area (Å²) in [5.74, 6) is -1.07. The van der Waals surface area contributed by atoms with Crippen LogP contribution in [0.4, 0.5) is 5.69 Å². The van der Waals surface area contributed by atoms with Gasteiger partial charge in [0.1, 0.15) is 5.75 Å². The summed E-state index contributed by atoms with van der Waals surface area (Å²) in [5, 5.41) is 8.62. The summed E-state index contributed by atoms with van der Waals surface area (Å²) < 4.78 is 5.08. The summed E-state index contributed by atoms with van der Waals surface area (Å²) in [4.78, 5) is 38.6. The van der Waals surface area contributed by atoms with E-state index in [1.807, 2.05) is 6.92 Å². The lowest BCUT2D eigenvalue weighted by molar-refractivity contribution is -0.139.